The highest BCUT2D eigenvalue weighted by atomic mass is 16.2. The van der Waals surface area contributed by atoms with E-state index in [4.69, 9.17) is 0 Å². The van der Waals surface area contributed by atoms with Crippen molar-refractivity contribution in [2.75, 3.05) is 24.5 Å². The molecule has 1 fully saturated rings. The van der Waals surface area contributed by atoms with E-state index < -0.39 is 0 Å². The summed E-state index contributed by atoms with van der Waals surface area (Å²) in [6, 6.07) is 8.58. The average molecular weight is 338 g/mol. The highest BCUT2D eigenvalue weighted by Crippen LogP contribution is 2.36. The molecular formula is C20H26N4O. The number of carbonyl (C=O) groups excluding carboxylic acids is 1. The molecule has 25 heavy (non-hydrogen) atoms. The molecule has 0 N–H and O–H groups in total. The molecule has 2 aromatic rings. The van der Waals surface area contributed by atoms with Gasteiger partial charge in [-0.05, 0) is 51.3 Å². The Balaban J connectivity index is 1.53. The number of aromatic nitrogens is 2. The number of fused-ring (bicyclic) bond motifs is 1. The van der Waals surface area contributed by atoms with Gasteiger partial charge in [-0.2, -0.15) is 5.10 Å². The van der Waals surface area contributed by atoms with Crippen LogP contribution in [0, 0.1) is 13.8 Å². The van der Waals surface area contributed by atoms with Crippen molar-refractivity contribution in [3.63, 3.8) is 0 Å². The maximum atomic E-state index is 13.0. The minimum absolute atomic E-state index is 0.219. The summed E-state index contributed by atoms with van der Waals surface area (Å²) in [6.45, 7) is 6.50. The van der Waals surface area contributed by atoms with E-state index in [1.54, 1.807) is 0 Å². The lowest BCUT2D eigenvalue weighted by Crippen LogP contribution is -2.39. The first-order valence-electron chi connectivity index (χ1n) is 9.18. The monoisotopic (exact) mass is 338 g/mol. The highest BCUT2D eigenvalue weighted by molar-refractivity contribution is 5.96. The molecule has 5 heteroatoms. The zero-order chi connectivity index (χ0) is 17.6. The van der Waals surface area contributed by atoms with E-state index in [-0.39, 0.29) is 5.91 Å². The number of aryl methyl sites for hydroxylation is 2. The van der Waals surface area contributed by atoms with E-state index in [0.29, 0.717) is 12.6 Å². The Labute approximate surface area is 149 Å². The lowest BCUT2D eigenvalue weighted by molar-refractivity contribution is -0.119. The van der Waals surface area contributed by atoms with Gasteiger partial charge >= 0.3 is 0 Å². The number of amides is 1. The van der Waals surface area contributed by atoms with E-state index in [1.165, 1.54) is 16.8 Å². The molecule has 0 saturated carbocycles. The molecule has 1 atom stereocenters. The molecule has 3 heterocycles. The summed E-state index contributed by atoms with van der Waals surface area (Å²) >= 11 is 0. The molecule has 1 saturated heterocycles. The lowest BCUT2D eigenvalue weighted by atomic mass is 10.0. The second-order valence-electron chi connectivity index (χ2n) is 7.26. The van der Waals surface area contributed by atoms with Crippen molar-refractivity contribution < 1.29 is 4.79 Å². The number of hydrogen-bond donors (Lipinski definition) is 0. The van der Waals surface area contributed by atoms with Gasteiger partial charge in [0.15, 0.2) is 0 Å². The number of benzene rings is 1. The largest absolute Gasteiger partial charge is 0.311 e. The molecule has 1 amide bonds. The molecule has 132 valence electrons. The summed E-state index contributed by atoms with van der Waals surface area (Å²) < 4.78 is 1.96. The Bertz CT molecular complexity index is 810. The van der Waals surface area contributed by atoms with Crippen LogP contribution < -0.4 is 4.90 Å². The van der Waals surface area contributed by atoms with Crippen molar-refractivity contribution in [2.24, 2.45) is 7.05 Å². The van der Waals surface area contributed by atoms with Crippen LogP contribution >= 0.6 is 0 Å². The zero-order valence-corrected chi connectivity index (χ0v) is 15.3. The Morgan fingerprint density at radius 3 is 2.80 bits per heavy atom. The van der Waals surface area contributed by atoms with Crippen LogP contribution in [0.15, 0.2) is 24.3 Å². The molecule has 5 nitrogen and oxygen atoms in total. The van der Waals surface area contributed by atoms with Crippen molar-refractivity contribution in [1.29, 1.82) is 0 Å². The molecule has 2 aliphatic rings. The second-order valence-corrected chi connectivity index (χ2v) is 7.26. The Morgan fingerprint density at radius 1 is 1.24 bits per heavy atom. The van der Waals surface area contributed by atoms with Crippen LogP contribution in [0.25, 0.3) is 0 Å². The molecule has 0 spiro atoms. The lowest BCUT2D eigenvalue weighted by Gasteiger charge is -2.27. The van der Waals surface area contributed by atoms with E-state index in [2.05, 4.69) is 42.0 Å². The third-order valence-electron chi connectivity index (χ3n) is 5.79. The van der Waals surface area contributed by atoms with Crippen molar-refractivity contribution in [2.45, 2.75) is 39.2 Å². The topological polar surface area (TPSA) is 41.4 Å². The van der Waals surface area contributed by atoms with Crippen LogP contribution in [-0.2, 0) is 18.3 Å². The fourth-order valence-electron chi connectivity index (χ4n) is 4.47. The molecular weight excluding hydrogens is 312 g/mol. The second kappa shape index (κ2) is 6.30. The highest BCUT2D eigenvalue weighted by Gasteiger charge is 2.33. The van der Waals surface area contributed by atoms with Crippen LogP contribution in [0.1, 0.15) is 41.4 Å². The first-order chi connectivity index (χ1) is 12.1. The Hall–Kier alpha value is -2.14. The maximum absolute atomic E-state index is 13.0. The van der Waals surface area contributed by atoms with E-state index in [0.717, 1.165) is 43.7 Å². The van der Waals surface area contributed by atoms with Gasteiger partial charge in [0.25, 0.3) is 0 Å². The maximum Gasteiger partial charge on any atom is 0.241 e. The van der Waals surface area contributed by atoms with Gasteiger partial charge in [0, 0.05) is 36.6 Å². The molecule has 2 aliphatic heterocycles. The summed E-state index contributed by atoms with van der Waals surface area (Å²) in [6.07, 6.45) is 3.21. The summed E-state index contributed by atoms with van der Waals surface area (Å²) in [7, 11) is 2.00. The van der Waals surface area contributed by atoms with Crippen LogP contribution in [0.2, 0.25) is 0 Å². The minimum Gasteiger partial charge on any atom is -0.311 e. The van der Waals surface area contributed by atoms with E-state index in [1.807, 2.05) is 22.7 Å². The van der Waals surface area contributed by atoms with Gasteiger partial charge < -0.3 is 4.90 Å². The number of nitrogens with zero attached hydrogens (tertiary/aromatic N) is 4. The Morgan fingerprint density at radius 2 is 2.04 bits per heavy atom. The van der Waals surface area contributed by atoms with Crippen LogP contribution in [0.3, 0.4) is 0 Å². The standard InChI is InChI=1S/C20H26N4O/c1-14-20(15(2)22(3)21-14)18-9-6-11-23(18)13-19(25)24-12-10-16-7-4-5-8-17(16)24/h4-5,7-8,18H,6,9-13H2,1-3H3/t18-/m1/s1. The normalized spacial score (nSPS) is 20.3. The van der Waals surface area contributed by atoms with Gasteiger partial charge in [0.2, 0.25) is 5.91 Å². The van der Waals surface area contributed by atoms with Crippen molar-refractivity contribution in [3.05, 3.63) is 46.8 Å². The number of anilines is 1. The van der Waals surface area contributed by atoms with Crippen LogP contribution in [0.5, 0.6) is 0 Å². The van der Waals surface area contributed by atoms with E-state index in [9.17, 15) is 4.79 Å². The third-order valence-corrected chi connectivity index (χ3v) is 5.79. The first kappa shape index (κ1) is 16.3. The van der Waals surface area contributed by atoms with Gasteiger partial charge in [-0.25, -0.2) is 0 Å². The summed E-state index contributed by atoms with van der Waals surface area (Å²) in [5.41, 5.74) is 6.00. The molecule has 0 radical (unpaired) electrons. The smallest absolute Gasteiger partial charge is 0.241 e. The van der Waals surface area contributed by atoms with Gasteiger partial charge in [-0.1, -0.05) is 18.2 Å². The quantitative estimate of drug-likeness (QED) is 0.864. The minimum atomic E-state index is 0.219. The molecule has 1 aromatic carbocycles. The van der Waals surface area contributed by atoms with Gasteiger partial charge in [0.05, 0.1) is 12.2 Å². The van der Waals surface area contributed by atoms with Crippen LogP contribution in [0.4, 0.5) is 5.69 Å². The molecule has 0 aliphatic carbocycles. The predicted octanol–water partition coefficient (Wildman–Crippen LogP) is 2.76. The number of hydrogen-bond acceptors (Lipinski definition) is 3. The third kappa shape index (κ3) is 2.76. The molecule has 4 rings (SSSR count). The Kier molecular flexibility index (Phi) is 4.12. The SMILES string of the molecule is Cc1nn(C)c(C)c1[C@H]1CCCN1CC(=O)N1CCc2ccccc21. The van der Waals surface area contributed by atoms with Gasteiger partial charge in [-0.15, -0.1) is 0 Å². The van der Waals surface area contributed by atoms with Crippen molar-refractivity contribution in [1.82, 2.24) is 14.7 Å². The van der Waals surface area contributed by atoms with Crippen molar-refractivity contribution >= 4 is 11.6 Å². The first-order valence-corrected chi connectivity index (χ1v) is 9.18. The summed E-state index contributed by atoms with van der Waals surface area (Å²) in [5.74, 6) is 0.219. The predicted molar refractivity (Wildman–Crippen MR) is 98.7 cm³/mol. The van der Waals surface area contributed by atoms with Gasteiger partial charge in [0.1, 0.15) is 0 Å². The number of para-hydroxylation sites is 1. The van der Waals surface area contributed by atoms with E-state index >= 15 is 0 Å². The van der Waals surface area contributed by atoms with Gasteiger partial charge in [-0.3, -0.25) is 14.4 Å². The summed E-state index contributed by atoms with van der Waals surface area (Å²) in [4.78, 5) is 17.3. The van der Waals surface area contributed by atoms with Crippen molar-refractivity contribution in [3.8, 4) is 0 Å². The number of rotatable bonds is 3. The fourth-order valence-corrected chi connectivity index (χ4v) is 4.47. The summed E-state index contributed by atoms with van der Waals surface area (Å²) in [5, 5.41) is 4.57. The number of likely N-dealkylation sites (tertiary alicyclic amines) is 1. The molecule has 1 aromatic heterocycles. The average Bonchev–Trinajstić information content (AvgIpc) is 3.27. The molecule has 0 unspecified atom stereocenters. The fraction of sp³-hybridized carbons (Fsp3) is 0.500. The zero-order valence-electron chi connectivity index (χ0n) is 15.3. The number of carbonyl (C=O) groups is 1. The molecule has 0 bridgehead atoms. The van der Waals surface area contributed by atoms with Crippen LogP contribution in [-0.4, -0.2) is 40.2 Å².